The molecule has 5 nitrogen and oxygen atoms in total. The Hall–Kier alpha value is -1.66. The average Bonchev–Trinajstić information content (AvgIpc) is 2.24. The van der Waals surface area contributed by atoms with Crippen LogP contribution in [0.2, 0.25) is 0 Å². The van der Waals surface area contributed by atoms with Crippen LogP contribution >= 0.6 is 0 Å². The van der Waals surface area contributed by atoms with Crippen molar-refractivity contribution in [2.75, 3.05) is 25.0 Å². The molecule has 6 heteroatoms. The van der Waals surface area contributed by atoms with Crippen molar-refractivity contribution in [3.05, 3.63) is 29.6 Å². The molecule has 1 heterocycles. The average molecular weight is 239 g/mol. The van der Waals surface area contributed by atoms with Crippen LogP contribution in [0, 0.1) is 5.82 Å². The highest BCUT2D eigenvalue weighted by Crippen LogP contribution is 2.18. The van der Waals surface area contributed by atoms with E-state index in [0.717, 1.165) is 6.07 Å². The van der Waals surface area contributed by atoms with Gasteiger partial charge in [-0.1, -0.05) is 0 Å². The van der Waals surface area contributed by atoms with Crippen molar-refractivity contribution in [3.8, 4) is 0 Å². The fourth-order valence-corrected chi connectivity index (χ4v) is 1.61. The predicted octanol–water partition coefficient (Wildman–Crippen LogP) is -0.329. The molecule has 0 saturated carbocycles. The van der Waals surface area contributed by atoms with Crippen molar-refractivity contribution in [1.29, 1.82) is 0 Å². The van der Waals surface area contributed by atoms with Gasteiger partial charge in [0.05, 0.1) is 5.69 Å². The Morgan fingerprint density at radius 2 is 2.29 bits per heavy atom. The molecule has 0 spiro atoms. The number of nitrogens with two attached hydrogens (primary N) is 1. The number of hydrogen-bond donors (Lipinski definition) is 4. The van der Waals surface area contributed by atoms with Gasteiger partial charge in [0.2, 0.25) is 5.91 Å². The second kappa shape index (κ2) is 4.31. The lowest BCUT2D eigenvalue weighted by atomic mass is 9.97. The van der Waals surface area contributed by atoms with Crippen molar-refractivity contribution < 1.29 is 14.3 Å². The summed E-state index contributed by atoms with van der Waals surface area (Å²) in [5.74, 6) is -1.23. The maximum absolute atomic E-state index is 13.5. The van der Waals surface area contributed by atoms with Crippen LogP contribution < -0.4 is 16.4 Å². The van der Waals surface area contributed by atoms with Gasteiger partial charge >= 0.3 is 0 Å². The van der Waals surface area contributed by atoms with Gasteiger partial charge in [-0.05, 0) is 18.2 Å². The monoisotopic (exact) mass is 239 g/mol. The molecule has 0 radical (unpaired) electrons. The topological polar surface area (TPSA) is 87.4 Å². The van der Waals surface area contributed by atoms with E-state index in [2.05, 4.69) is 10.6 Å². The highest BCUT2D eigenvalue weighted by molar-refractivity contribution is 5.93. The summed E-state index contributed by atoms with van der Waals surface area (Å²) in [6.45, 7) is 1.23. The molecular weight excluding hydrogens is 225 g/mol. The third kappa shape index (κ3) is 2.54. The van der Waals surface area contributed by atoms with Crippen LogP contribution in [0.15, 0.2) is 18.2 Å². The molecule has 92 valence electrons. The molecule has 1 saturated heterocycles. The lowest BCUT2D eigenvalue weighted by Gasteiger charge is -2.37. The lowest BCUT2D eigenvalue weighted by Crippen LogP contribution is -2.63. The van der Waals surface area contributed by atoms with Gasteiger partial charge in [0.1, 0.15) is 11.4 Å². The molecule has 0 aliphatic carbocycles. The smallest absolute Gasteiger partial charge is 0.248 e. The first-order valence-electron chi connectivity index (χ1n) is 5.26. The number of carbonyl (C=O) groups is 1. The predicted molar refractivity (Wildman–Crippen MR) is 61.2 cm³/mol. The van der Waals surface area contributed by atoms with Gasteiger partial charge in [-0.3, -0.25) is 4.79 Å². The molecule has 1 amide bonds. The van der Waals surface area contributed by atoms with Crippen LogP contribution in [-0.2, 0) is 0 Å². The molecule has 1 fully saturated rings. The van der Waals surface area contributed by atoms with Crippen molar-refractivity contribution in [2.45, 2.75) is 5.60 Å². The summed E-state index contributed by atoms with van der Waals surface area (Å²) in [4.78, 5) is 10.8. The van der Waals surface area contributed by atoms with Gasteiger partial charge in [0.25, 0.3) is 0 Å². The number of primary amides is 1. The van der Waals surface area contributed by atoms with Gasteiger partial charge in [-0.25, -0.2) is 4.39 Å². The highest BCUT2D eigenvalue weighted by Gasteiger charge is 2.33. The summed E-state index contributed by atoms with van der Waals surface area (Å²) in [7, 11) is 0. The van der Waals surface area contributed by atoms with Crippen LogP contribution in [0.3, 0.4) is 0 Å². The molecule has 0 unspecified atom stereocenters. The third-order valence-corrected chi connectivity index (χ3v) is 2.77. The minimum absolute atomic E-state index is 0.122. The number of anilines is 1. The molecule has 1 aromatic carbocycles. The molecule has 0 bridgehead atoms. The number of benzene rings is 1. The zero-order valence-electron chi connectivity index (χ0n) is 9.16. The summed E-state index contributed by atoms with van der Waals surface area (Å²) in [5, 5.41) is 15.5. The van der Waals surface area contributed by atoms with Crippen LogP contribution in [0.1, 0.15) is 10.4 Å². The number of amides is 1. The SMILES string of the molecule is NC(=O)c1ccc(NCC2(O)CNC2)c(F)c1. The van der Waals surface area contributed by atoms with Gasteiger partial charge in [-0.2, -0.15) is 0 Å². The maximum Gasteiger partial charge on any atom is 0.248 e. The van der Waals surface area contributed by atoms with Crippen LogP contribution in [0.4, 0.5) is 10.1 Å². The molecule has 1 aliphatic rings. The number of rotatable bonds is 4. The maximum atomic E-state index is 13.5. The van der Waals surface area contributed by atoms with E-state index in [0.29, 0.717) is 13.1 Å². The molecule has 0 aromatic heterocycles. The van der Waals surface area contributed by atoms with E-state index >= 15 is 0 Å². The fourth-order valence-electron chi connectivity index (χ4n) is 1.61. The van der Waals surface area contributed by atoms with E-state index in [1.807, 2.05) is 0 Å². The highest BCUT2D eigenvalue weighted by atomic mass is 19.1. The largest absolute Gasteiger partial charge is 0.385 e. The summed E-state index contributed by atoms with van der Waals surface area (Å²) >= 11 is 0. The normalized spacial score (nSPS) is 17.3. The lowest BCUT2D eigenvalue weighted by molar-refractivity contribution is 0.00308. The molecule has 0 atom stereocenters. The molecule has 5 N–H and O–H groups in total. The second-order valence-electron chi connectivity index (χ2n) is 4.24. The molecular formula is C11H14FN3O2. The third-order valence-electron chi connectivity index (χ3n) is 2.77. The van der Waals surface area contributed by atoms with E-state index in [4.69, 9.17) is 5.73 Å². The fraction of sp³-hybridized carbons (Fsp3) is 0.364. The minimum atomic E-state index is -0.825. The van der Waals surface area contributed by atoms with Gasteiger partial charge in [-0.15, -0.1) is 0 Å². The molecule has 17 heavy (non-hydrogen) atoms. The number of nitrogens with one attached hydrogen (secondary N) is 2. The Kier molecular flexibility index (Phi) is 2.99. The number of β-amino-alcohol motifs (C(OH)–C–C–N with tert-alkyl or cyclic N) is 1. The Balaban J connectivity index is 2.03. The molecule has 1 aromatic rings. The van der Waals surface area contributed by atoms with E-state index in [1.165, 1.54) is 12.1 Å². The summed E-state index contributed by atoms with van der Waals surface area (Å²) in [6, 6.07) is 3.95. The number of carbonyl (C=O) groups excluding carboxylic acids is 1. The first kappa shape index (κ1) is 11.8. The van der Waals surface area contributed by atoms with E-state index in [1.54, 1.807) is 0 Å². The number of hydrogen-bond acceptors (Lipinski definition) is 4. The Bertz CT molecular complexity index is 446. The van der Waals surface area contributed by atoms with Gasteiger partial charge in [0, 0.05) is 25.2 Å². The van der Waals surface area contributed by atoms with Crippen molar-refractivity contribution in [3.63, 3.8) is 0 Å². The minimum Gasteiger partial charge on any atom is -0.385 e. The van der Waals surface area contributed by atoms with E-state index in [-0.39, 0.29) is 17.8 Å². The Morgan fingerprint density at radius 3 is 2.76 bits per heavy atom. The van der Waals surface area contributed by atoms with Crippen LogP contribution in [-0.4, -0.2) is 36.2 Å². The van der Waals surface area contributed by atoms with Crippen molar-refractivity contribution >= 4 is 11.6 Å². The summed E-state index contributed by atoms with van der Waals surface area (Å²) < 4.78 is 13.5. The zero-order chi connectivity index (χ0) is 12.5. The first-order valence-corrected chi connectivity index (χ1v) is 5.26. The summed E-state index contributed by atoms with van der Waals surface area (Å²) in [5.41, 5.74) is 4.58. The summed E-state index contributed by atoms with van der Waals surface area (Å²) in [6.07, 6.45) is 0. The van der Waals surface area contributed by atoms with Crippen molar-refractivity contribution in [1.82, 2.24) is 5.32 Å². The molecule has 1 aliphatic heterocycles. The first-order chi connectivity index (χ1) is 8.00. The number of halogens is 1. The Morgan fingerprint density at radius 1 is 1.59 bits per heavy atom. The van der Waals surface area contributed by atoms with Gasteiger partial charge in [0.15, 0.2) is 0 Å². The Labute approximate surface area is 97.8 Å². The standard InChI is InChI=1S/C11H14FN3O2/c12-8-3-7(10(13)16)1-2-9(8)15-6-11(17)4-14-5-11/h1-3,14-15,17H,4-6H2,(H2,13,16). The zero-order valence-corrected chi connectivity index (χ0v) is 9.16. The van der Waals surface area contributed by atoms with Crippen molar-refractivity contribution in [2.24, 2.45) is 5.73 Å². The van der Waals surface area contributed by atoms with Crippen LogP contribution in [0.25, 0.3) is 0 Å². The van der Waals surface area contributed by atoms with E-state index in [9.17, 15) is 14.3 Å². The second-order valence-corrected chi connectivity index (χ2v) is 4.24. The van der Waals surface area contributed by atoms with E-state index < -0.39 is 17.3 Å². The quantitative estimate of drug-likeness (QED) is 0.579. The van der Waals surface area contributed by atoms with Gasteiger partial charge < -0.3 is 21.5 Å². The molecule has 2 rings (SSSR count). The number of aliphatic hydroxyl groups is 1. The van der Waals surface area contributed by atoms with Crippen LogP contribution in [0.5, 0.6) is 0 Å².